The number of pyridine rings is 1. The molecule has 38 heavy (non-hydrogen) atoms. The molecular formula is C23H22F4N4O6S. The maximum Gasteiger partial charge on any atom is 0.586 e. The minimum atomic E-state index is -3.77. The molecule has 2 aliphatic heterocycles. The van der Waals surface area contributed by atoms with Crippen LogP contribution in [-0.2, 0) is 4.79 Å². The van der Waals surface area contributed by atoms with Gasteiger partial charge in [-0.05, 0) is 12.5 Å². The lowest BCUT2D eigenvalue weighted by atomic mass is 9.86. The first-order chi connectivity index (χ1) is 17.9. The Bertz CT molecular complexity index is 1340. The number of likely N-dealkylation sites (tertiary alicyclic amines) is 1. The van der Waals surface area contributed by atoms with E-state index in [2.05, 4.69) is 19.8 Å². The fourth-order valence-corrected chi connectivity index (χ4v) is 5.38. The van der Waals surface area contributed by atoms with E-state index in [1.165, 1.54) is 18.2 Å². The zero-order valence-electron chi connectivity index (χ0n) is 19.7. The molecule has 10 nitrogen and oxygen atoms in total. The summed E-state index contributed by atoms with van der Waals surface area (Å²) in [6.45, 7) is 0.513. The third kappa shape index (κ3) is 4.93. The van der Waals surface area contributed by atoms with Gasteiger partial charge in [0.05, 0.1) is 28.8 Å². The Labute approximate surface area is 216 Å². The molecule has 0 aliphatic carbocycles. The molecule has 15 heteroatoms. The Balaban J connectivity index is 1.31. The van der Waals surface area contributed by atoms with Gasteiger partial charge in [0.1, 0.15) is 0 Å². The lowest BCUT2D eigenvalue weighted by Gasteiger charge is -2.40. The third-order valence-corrected chi connectivity index (χ3v) is 7.55. The number of piperidine rings is 1. The highest BCUT2D eigenvalue weighted by Crippen LogP contribution is 2.45. The van der Waals surface area contributed by atoms with Crippen LogP contribution in [-0.4, -0.2) is 64.0 Å². The predicted molar refractivity (Wildman–Crippen MR) is 125 cm³/mol. The molecule has 0 spiro atoms. The zero-order valence-corrected chi connectivity index (χ0v) is 20.6. The van der Waals surface area contributed by atoms with E-state index < -0.39 is 49.2 Å². The number of amides is 1. The highest BCUT2D eigenvalue weighted by molar-refractivity contribution is 7.22. The smallest absolute Gasteiger partial charge is 0.586 e. The van der Waals surface area contributed by atoms with Crippen molar-refractivity contribution in [2.75, 3.05) is 25.0 Å². The molecule has 5 rings (SSSR count). The van der Waals surface area contributed by atoms with Crippen LogP contribution in [0.1, 0.15) is 36.6 Å². The average molecular weight is 559 g/mol. The van der Waals surface area contributed by atoms with Crippen LogP contribution < -0.4 is 19.5 Å². The average Bonchev–Trinajstić information content (AvgIpc) is 3.38. The van der Waals surface area contributed by atoms with Crippen molar-refractivity contribution in [2.45, 2.75) is 43.6 Å². The topological polar surface area (TPSA) is 131 Å². The minimum Gasteiger partial charge on any atom is -0.618 e. The van der Waals surface area contributed by atoms with Crippen LogP contribution in [0.2, 0.25) is 0 Å². The molecule has 1 amide bonds. The Morgan fingerprint density at radius 3 is 2.74 bits per heavy atom. The molecule has 1 fully saturated rings. The van der Waals surface area contributed by atoms with Gasteiger partial charge in [-0.1, -0.05) is 11.3 Å². The van der Waals surface area contributed by atoms with E-state index in [-0.39, 0.29) is 41.0 Å². The second-order valence-corrected chi connectivity index (χ2v) is 10.1. The number of nitrogens with zero attached hydrogens (tertiary/aromatic N) is 3. The largest absolute Gasteiger partial charge is 0.618 e. The summed E-state index contributed by atoms with van der Waals surface area (Å²) in [6.07, 6.45) is -4.85. The van der Waals surface area contributed by atoms with Crippen LogP contribution in [0.5, 0.6) is 11.5 Å². The van der Waals surface area contributed by atoms with Gasteiger partial charge in [0.15, 0.2) is 28.9 Å². The van der Waals surface area contributed by atoms with Gasteiger partial charge in [-0.15, -0.1) is 8.78 Å². The molecule has 0 radical (unpaired) electrons. The fourth-order valence-electron chi connectivity index (χ4n) is 4.50. The van der Waals surface area contributed by atoms with Crippen molar-refractivity contribution >= 4 is 32.6 Å². The minimum absolute atomic E-state index is 0.0753. The number of carbonyl (C=O) groups is 1. The first kappa shape index (κ1) is 26.3. The van der Waals surface area contributed by atoms with Crippen LogP contribution >= 0.6 is 11.3 Å². The molecule has 0 unspecified atom stereocenters. The van der Waals surface area contributed by atoms with Crippen molar-refractivity contribution in [2.24, 2.45) is 0 Å². The van der Waals surface area contributed by atoms with E-state index in [4.69, 9.17) is 0 Å². The van der Waals surface area contributed by atoms with Crippen LogP contribution in [0.4, 0.5) is 22.7 Å². The summed E-state index contributed by atoms with van der Waals surface area (Å²) in [7, 11) is 0. The van der Waals surface area contributed by atoms with Gasteiger partial charge in [0.25, 0.3) is 5.92 Å². The molecule has 3 N–H and O–H groups in total. The van der Waals surface area contributed by atoms with Crippen molar-refractivity contribution in [3.63, 3.8) is 0 Å². The zero-order chi connectivity index (χ0) is 27.4. The molecule has 2 aliphatic rings. The molecule has 1 aromatic carbocycles. The first-order valence-corrected chi connectivity index (χ1v) is 12.3. The van der Waals surface area contributed by atoms with E-state index in [9.17, 15) is 37.8 Å². The van der Waals surface area contributed by atoms with Crippen molar-refractivity contribution in [1.82, 2.24) is 9.88 Å². The maximum absolute atomic E-state index is 14.9. The van der Waals surface area contributed by atoms with Gasteiger partial charge < -0.3 is 30.2 Å². The Hall–Kier alpha value is -3.27. The first-order valence-electron chi connectivity index (χ1n) is 11.5. The highest BCUT2D eigenvalue weighted by atomic mass is 32.1. The molecule has 4 heterocycles. The number of anilines is 1. The molecular weight excluding hydrogens is 536 g/mol. The van der Waals surface area contributed by atoms with Crippen LogP contribution in [0.15, 0.2) is 30.5 Å². The van der Waals surface area contributed by atoms with Gasteiger partial charge in [-0.3, -0.25) is 9.69 Å². The van der Waals surface area contributed by atoms with Crippen molar-refractivity contribution in [3.8, 4) is 11.5 Å². The number of fused-ring (bicyclic) bond motifs is 2. The molecule has 0 saturated carbocycles. The number of benzene rings is 1. The number of ether oxygens (including phenoxy) is 2. The van der Waals surface area contributed by atoms with E-state index in [1.807, 2.05) is 0 Å². The number of halogens is 4. The standard InChI is InChI=1S/C23H22F4N4O6S/c1-11(20(34)29-21-28-14-7-17-18(8-19(14)38-21)37-23(26,27)36-17)30-5-3-22(24,25)13(9-30)12-2-4-31(35)15(6-12)16(33)10-32/h2,4,6-8,11,13,16,32-33H,3,5,9-10H2,1H3,(H,28,29,34)/t11-,13-,16+/m0/s1. The second kappa shape index (κ2) is 9.48. The quantitative estimate of drug-likeness (QED) is 0.239. The molecule has 204 valence electrons. The summed E-state index contributed by atoms with van der Waals surface area (Å²) in [4.78, 5) is 18.8. The Morgan fingerprint density at radius 2 is 2.03 bits per heavy atom. The molecule has 0 bridgehead atoms. The van der Waals surface area contributed by atoms with E-state index >= 15 is 0 Å². The van der Waals surface area contributed by atoms with E-state index in [0.717, 1.165) is 23.6 Å². The SMILES string of the molecule is C[C@@H](C(=O)Nc1nc2cc3c(cc2s1)OC(F)(F)O3)N1CCC(F)(F)[C@H](c2cc[n+]([O-])c([C@H](O)CO)c2)C1. The number of hydrogen-bond donors (Lipinski definition) is 3. The van der Waals surface area contributed by atoms with Crippen LogP contribution in [0.3, 0.4) is 0 Å². The monoisotopic (exact) mass is 558 g/mol. The van der Waals surface area contributed by atoms with E-state index in [0.29, 0.717) is 14.9 Å². The van der Waals surface area contributed by atoms with Crippen molar-refractivity contribution < 1.29 is 46.8 Å². The molecule has 1 saturated heterocycles. The number of aliphatic hydroxyl groups is 2. The maximum atomic E-state index is 14.9. The van der Waals surface area contributed by atoms with Crippen molar-refractivity contribution in [1.29, 1.82) is 0 Å². The number of aromatic nitrogens is 2. The number of aliphatic hydroxyl groups excluding tert-OH is 2. The summed E-state index contributed by atoms with van der Waals surface area (Å²) in [6, 6.07) is 4.13. The number of carbonyl (C=O) groups excluding carboxylic acids is 1. The third-order valence-electron chi connectivity index (χ3n) is 6.62. The number of alkyl halides is 4. The predicted octanol–water partition coefficient (Wildman–Crippen LogP) is 2.73. The van der Waals surface area contributed by atoms with Crippen molar-refractivity contribution in [3.05, 3.63) is 46.9 Å². The Kier molecular flexibility index (Phi) is 6.57. The lowest BCUT2D eigenvalue weighted by molar-refractivity contribution is -0.618. The number of nitrogens with one attached hydrogen (secondary N) is 1. The van der Waals surface area contributed by atoms with Crippen LogP contribution in [0.25, 0.3) is 10.2 Å². The lowest BCUT2D eigenvalue weighted by Crippen LogP contribution is -2.52. The molecule has 3 aromatic rings. The highest BCUT2D eigenvalue weighted by Gasteiger charge is 2.47. The summed E-state index contributed by atoms with van der Waals surface area (Å²) >= 11 is 1.02. The van der Waals surface area contributed by atoms with Gasteiger partial charge >= 0.3 is 6.29 Å². The normalized spacial score (nSPS) is 21.8. The second-order valence-electron chi connectivity index (χ2n) is 9.09. The van der Waals surface area contributed by atoms with Gasteiger partial charge in [-0.2, -0.15) is 4.73 Å². The van der Waals surface area contributed by atoms with Gasteiger partial charge in [0, 0.05) is 43.8 Å². The van der Waals surface area contributed by atoms with Gasteiger partial charge in [0.2, 0.25) is 11.6 Å². The molecule has 3 atom stereocenters. The number of hydrogen-bond acceptors (Lipinski definition) is 9. The van der Waals surface area contributed by atoms with Crippen LogP contribution in [0, 0.1) is 5.21 Å². The summed E-state index contributed by atoms with van der Waals surface area (Å²) in [5.41, 5.74) is 0.137. The summed E-state index contributed by atoms with van der Waals surface area (Å²) in [5, 5.41) is 33.8. The number of thiazole rings is 1. The van der Waals surface area contributed by atoms with E-state index in [1.54, 1.807) is 11.8 Å². The van der Waals surface area contributed by atoms with Gasteiger partial charge in [-0.25, -0.2) is 13.8 Å². The number of rotatable bonds is 6. The summed E-state index contributed by atoms with van der Waals surface area (Å²) < 4.78 is 66.0. The molecule has 2 aromatic heterocycles. The summed E-state index contributed by atoms with van der Waals surface area (Å²) in [5.74, 6) is -5.37. The fraction of sp³-hybridized carbons (Fsp3) is 0.435. The Morgan fingerprint density at radius 1 is 1.32 bits per heavy atom.